The normalized spacial score (nSPS) is 22.6. The van der Waals surface area contributed by atoms with Crippen LogP contribution in [0.4, 0.5) is 0 Å². The van der Waals surface area contributed by atoms with Crippen LogP contribution in [0.15, 0.2) is 0 Å². The molecule has 10 heavy (non-hydrogen) atoms. The lowest BCUT2D eigenvalue weighted by molar-refractivity contribution is -0.151. The summed E-state index contributed by atoms with van der Waals surface area (Å²) in [5.74, 6) is -0.399. The van der Waals surface area contributed by atoms with Crippen molar-refractivity contribution in [2.75, 3.05) is 0 Å². The predicted molar refractivity (Wildman–Crippen MR) is 38.3 cm³/mol. The van der Waals surface area contributed by atoms with E-state index in [1.807, 2.05) is 6.92 Å². The van der Waals surface area contributed by atoms with Crippen LogP contribution in [0.3, 0.4) is 0 Å². The molecule has 2 heteroatoms. The van der Waals surface area contributed by atoms with Crippen molar-refractivity contribution in [2.24, 2.45) is 0 Å². The monoisotopic (exact) mass is 141 g/mol. The Labute approximate surface area is 61.6 Å². The van der Waals surface area contributed by atoms with Gasteiger partial charge in [0.2, 0.25) is 0 Å². The lowest BCUT2D eigenvalue weighted by atomic mass is 10.1. The average Bonchev–Trinajstić information content (AvgIpc) is 2.12. The Morgan fingerprint density at radius 2 is 2.00 bits per heavy atom. The highest BCUT2D eigenvalue weighted by Gasteiger charge is 2.31. The quantitative estimate of drug-likeness (QED) is 0.519. The van der Waals surface area contributed by atoms with Crippen molar-refractivity contribution in [2.45, 2.75) is 38.2 Å². The van der Waals surface area contributed by atoms with Gasteiger partial charge in [0.1, 0.15) is 5.60 Å². The second-order valence-corrected chi connectivity index (χ2v) is 3.13. The SMILES string of the molecule is [CH2]C(=O)OC1(C)CCCC1. The fourth-order valence-corrected chi connectivity index (χ4v) is 1.50. The first-order valence-corrected chi connectivity index (χ1v) is 3.67. The van der Waals surface area contributed by atoms with Crippen LogP contribution in [0, 0.1) is 6.92 Å². The van der Waals surface area contributed by atoms with Crippen LogP contribution in [0.2, 0.25) is 0 Å². The highest BCUT2D eigenvalue weighted by molar-refractivity contribution is 5.74. The largest absolute Gasteiger partial charge is 0.459 e. The van der Waals surface area contributed by atoms with E-state index in [1.54, 1.807) is 0 Å². The number of hydrogen-bond donors (Lipinski definition) is 0. The molecule has 57 valence electrons. The Balaban J connectivity index is 2.43. The average molecular weight is 141 g/mol. The first-order valence-electron chi connectivity index (χ1n) is 3.67. The fraction of sp³-hybridized carbons (Fsp3) is 0.750. The molecular weight excluding hydrogens is 128 g/mol. The molecule has 0 bridgehead atoms. The van der Waals surface area contributed by atoms with E-state index in [-0.39, 0.29) is 5.60 Å². The summed E-state index contributed by atoms with van der Waals surface area (Å²) in [5, 5.41) is 0. The minimum absolute atomic E-state index is 0.196. The van der Waals surface area contributed by atoms with Crippen molar-refractivity contribution in [1.29, 1.82) is 0 Å². The van der Waals surface area contributed by atoms with E-state index >= 15 is 0 Å². The smallest absolute Gasteiger partial charge is 0.306 e. The molecule has 0 aliphatic heterocycles. The molecule has 1 aliphatic carbocycles. The summed E-state index contributed by atoms with van der Waals surface area (Å²) >= 11 is 0. The van der Waals surface area contributed by atoms with Crippen LogP contribution in [0.5, 0.6) is 0 Å². The highest BCUT2D eigenvalue weighted by atomic mass is 16.6. The van der Waals surface area contributed by atoms with Gasteiger partial charge in [-0.15, -0.1) is 0 Å². The first kappa shape index (κ1) is 7.58. The van der Waals surface area contributed by atoms with E-state index in [1.165, 1.54) is 12.8 Å². The third-order valence-electron chi connectivity index (χ3n) is 2.02. The third-order valence-corrected chi connectivity index (χ3v) is 2.02. The summed E-state index contributed by atoms with van der Waals surface area (Å²) in [6.07, 6.45) is 4.33. The molecule has 2 nitrogen and oxygen atoms in total. The van der Waals surface area contributed by atoms with Gasteiger partial charge >= 0.3 is 5.97 Å². The minimum Gasteiger partial charge on any atom is -0.459 e. The van der Waals surface area contributed by atoms with Gasteiger partial charge in [-0.3, -0.25) is 4.79 Å². The minimum atomic E-state index is -0.399. The van der Waals surface area contributed by atoms with E-state index < -0.39 is 5.97 Å². The summed E-state index contributed by atoms with van der Waals surface area (Å²) in [7, 11) is 0. The van der Waals surface area contributed by atoms with Crippen LogP contribution in [0.25, 0.3) is 0 Å². The Morgan fingerprint density at radius 1 is 1.50 bits per heavy atom. The van der Waals surface area contributed by atoms with Crippen LogP contribution in [-0.2, 0) is 9.53 Å². The molecule has 0 N–H and O–H groups in total. The van der Waals surface area contributed by atoms with Gasteiger partial charge in [-0.2, -0.15) is 0 Å². The topological polar surface area (TPSA) is 26.3 Å². The first-order chi connectivity index (χ1) is 4.62. The number of carbonyl (C=O) groups is 1. The fourth-order valence-electron chi connectivity index (χ4n) is 1.50. The van der Waals surface area contributed by atoms with Crippen LogP contribution < -0.4 is 0 Å². The van der Waals surface area contributed by atoms with Crippen molar-refractivity contribution in [3.8, 4) is 0 Å². The van der Waals surface area contributed by atoms with E-state index in [9.17, 15) is 4.79 Å². The molecule has 0 amide bonds. The van der Waals surface area contributed by atoms with Crippen molar-refractivity contribution < 1.29 is 9.53 Å². The number of hydrogen-bond acceptors (Lipinski definition) is 2. The van der Waals surface area contributed by atoms with E-state index in [0.717, 1.165) is 12.8 Å². The summed E-state index contributed by atoms with van der Waals surface area (Å²) < 4.78 is 5.05. The molecule has 0 saturated heterocycles. The Hall–Kier alpha value is -0.530. The number of rotatable bonds is 1. The van der Waals surface area contributed by atoms with Crippen LogP contribution >= 0.6 is 0 Å². The Morgan fingerprint density at radius 3 is 2.40 bits per heavy atom. The van der Waals surface area contributed by atoms with E-state index in [0.29, 0.717) is 0 Å². The van der Waals surface area contributed by atoms with E-state index in [2.05, 4.69) is 6.92 Å². The van der Waals surface area contributed by atoms with Crippen molar-refractivity contribution in [3.63, 3.8) is 0 Å². The standard InChI is InChI=1S/C8H13O2/c1-7(9)10-8(2)5-3-4-6-8/h1,3-6H2,2H3. The summed E-state index contributed by atoms with van der Waals surface area (Å²) in [4.78, 5) is 10.5. The lowest BCUT2D eigenvalue weighted by Gasteiger charge is -2.22. The van der Waals surface area contributed by atoms with Gasteiger partial charge in [-0.05, 0) is 32.6 Å². The highest BCUT2D eigenvalue weighted by Crippen LogP contribution is 2.32. The van der Waals surface area contributed by atoms with Gasteiger partial charge in [0.15, 0.2) is 0 Å². The third kappa shape index (κ3) is 1.72. The molecule has 0 atom stereocenters. The van der Waals surface area contributed by atoms with Gasteiger partial charge in [0.25, 0.3) is 0 Å². The van der Waals surface area contributed by atoms with Gasteiger partial charge in [-0.1, -0.05) is 0 Å². The molecular formula is C8H13O2. The molecule has 1 saturated carbocycles. The number of esters is 1. The van der Waals surface area contributed by atoms with Crippen LogP contribution in [0.1, 0.15) is 32.6 Å². The molecule has 0 unspecified atom stereocenters. The van der Waals surface area contributed by atoms with E-state index in [4.69, 9.17) is 4.74 Å². The molecule has 0 spiro atoms. The maximum absolute atomic E-state index is 10.5. The van der Waals surface area contributed by atoms with Gasteiger partial charge in [0, 0.05) is 0 Å². The maximum atomic E-state index is 10.5. The zero-order valence-electron chi connectivity index (χ0n) is 6.35. The zero-order valence-corrected chi connectivity index (χ0v) is 6.35. The summed E-state index contributed by atoms with van der Waals surface area (Å²) in [6.45, 7) is 5.16. The predicted octanol–water partition coefficient (Wildman–Crippen LogP) is 1.70. The Bertz CT molecular complexity index is 134. The van der Waals surface area contributed by atoms with Crippen molar-refractivity contribution >= 4 is 5.97 Å². The molecule has 0 aromatic rings. The van der Waals surface area contributed by atoms with Gasteiger partial charge in [-0.25, -0.2) is 0 Å². The summed E-state index contributed by atoms with van der Waals surface area (Å²) in [5.41, 5.74) is -0.196. The lowest BCUT2D eigenvalue weighted by Crippen LogP contribution is -2.26. The maximum Gasteiger partial charge on any atom is 0.306 e. The second-order valence-electron chi connectivity index (χ2n) is 3.13. The van der Waals surface area contributed by atoms with Gasteiger partial charge < -0.3 is 4.74 Å². The molecule has 0 heterocycles. The number of carbonyl (C=O) groups excluding carboxylic acids is 1. The molecule has 0 aromatic carbocycles. The summed E-state index contributed by atoms with van der Waals surface area (Å²) in [6, 6.07) is 0. The molecule has 1 radical (unpaired) electrons. The molecule has 1 rings (SSSR count). The molecule has 1 aliphatic rings. The van der Waals surface area contributed by atoms with Crippen molar-refractivity contribution in [3.05, 3.63) is 6.92 Å². The Kier molecular flexibility index (Phi) is 1.97. The zero-order chi connectivity index (χ0) is 7.61. The van der Waals surface area contributed by atoms with Gasteiger partial charge in [0.05, 0.1) is 6.92 Å². The second kappa shape index (κ2) is 2.60. The molecule has 0 aromatic heterocycles. The van der Waals surface area contributed by atoms with Crippen molar-refractivity contribution in [1.82, 2.24) is 0 Å². The number of ether oxygens (including phenoxy) is 1. The van der Waals surface area contributed by atoms with Crippen LogP contribution in [-0.4, -0.2) is 11.6 Å². The molecule has 1 fully saturated rings.